The molecule has 122 valence electrons. The van der Waals surface area contributed by atoms with Crippen LogP contribution >= 0.6 is 23.4 Å². The Morgan fingerprint density at radius 1 is 1.09 bits per heavy atom. The molecule has 0 bridgehead atoms. The van der Waals surface area contributed by atoms with Crippen LogP contribution in [0.4, 0.5) is 13.2 Å². The zero-order chi connectivity index (χ0) is 17.0. The maximum atomic E-state index is 12.6. The number of ketones is 1. The Balaban J connectivity index is 2.24. The Labute approximate surface area is 141 Å². The molecule has 0 saturated carbocycles. The average Bonchev–Trinajstić information content (AvgIpc) is 2.48. The van der Waals surface area contributed by atoms with E-state index in [4.69, 9.17) is 11.6 Å². The topological polar surface area (TPSA) is 17.1 Å². The number of carbonyl (C=O) groups excluding carboxylic acids is 1. The van der Waals surface area contributed by atoms with Crippen molar-refractivity contribution in [3.8, 4) is 0 Å². The zero-order valence-corrected chi connectivity index (χ0v) is 13.8. The van der Waals surface area contributed by atoms with E-state index in [0.717, 1.165) is 17.0 Å². The molecule has 2 aromatic carbocycles. The van der Waals surface area contributed by atoms with Gasteiger partial charge in [-0.2, -0.15) is 13.2 Å². The average molecular weight is 359 g/mol. The first-order valence-electron chi connectivity index (χ1n) is 6.84. The number of thioether (sulfide) groups is 1. The predicted molar refractivity (Wildman–Crippen MR) is 86.8 cm³/mol. The fourth-order valence-corrected chi connectivity index (χ4v) is 3.41. The van der Waals surface area contributed by atoms with Crippen molar-refractivity contribution in [1.82, 2.24) is 0 Å². The van der Waals surface area contributed by atoms with Crippen LogP contribution in [0.2, 0.25) is 5.02 Å². The van der Waals surface area contributed by atoms with Gasteiger partial charge < -0.3 is 0 Å². The molecule has 1 atom stereocenters. The van der Waals surface area contributed by atoms with E-state index in [1.807, 2.05) is 12.1 Å². The number of halogens is 4. The van der Waals surface area contributed by atoms with Gasteiger partial charge in [0.25, 0.3) is 0 Å². The van der Waals surface area contributed by atoms with Crippen molar-refractivity contribution >= 4 is 29.1 Å². The third kappa shape index (κ3) is 5.29. The second-order valence-corrected chi connectivity index (χ2v) is 6.80. The van der Waals surface area contributed by atoms with E-state index in [2.05, 4.69) is 0 Å². The van der Waals surface area contributed by atoms with E-state index in [1.54, 1.807) is 12.1 Å². The molecule has 1 unspecified atom stereocenters. The van der Waals surface area contributed by atoms with Gasteiger partial charge in [-0.25, -0.2) is 0 Å². The van der Waals surface area contributed by atoms with Crippen LogP contribution in [0.25, 0.3) is 0 Å². The number of rotatable bonds is 5. The smallest absolute Gasteiger partial charge is 0.300 e. The van der Waals surface area contributed by atoms with Gasteiger partial charge >= 0.3 is 6.18 Å². The van der Waals surface area contributed by atoms with E-state index in [9.17, 15) is 18.0 Å². The van der Waals surface area contributed by atoms with Gasteiger partial charge in [-0.05, 0) is 48.9 Å². The molecule has 0 aromatic heterocycles. The molecule has 1 nitrogen and oxygen atoms in total. The van der Waals surface area contributed by atoms with Crippen molar-refractivity contribution in [1.29, 1.82) is 0 Å². The normalized spacial score (nSPS) is 12.9. The number of hydrogen-bond donors (Lipinski definition) is 0. The Morgan fingerprint density at radius 2 is 1.65 bits per heavy atom. The van der Waals surface area contributed by atoms with Crippen LogP contribution in [0.1, 0.15) is 29.7 Å². The highest BCUT2D eigenvalue weighted by Gasteiger charge is 2.30. The van der Waals surface area contributed by atoms with Crippen molar-refractivity contribution in [2.45, 2.75) is 29.7 Å². The molecule has 0 heterocycles. The third-order valence-electron chi connectivity index (χ3n) is 3.17. The molecule has 0 spiro atoms. The van der Waals surface area contributed by atoms with E-state index in [-0.39, 0.29) is 17.5 Å². The third-order valence-corrected chi connectivity index (χ3v) is 4.69. The summed E-state index contributed by atoms with van der Waals surface area (Å²) in [6.07, 6.45) is -4.11. The summed E-state index contributed by atoms with van der Waals surface area (Å²) < 4.78 is 37.9. The van der Waals surface area contributed by atoms with E-state index in [0.29, 0.717) is 10.6 Å². The van der Waals surface area contributed by atoms with Crippen LogP contribution in [0.3, 0.4) is 0 Å². The number of carbonyl (C=O) groups is 1. The molecule has 0 radical (unpaired) electrons. The van der Waals surface area contributed by atoms with E-state index in [1.165, 1.54) is 30.8 Å². The summed E-state index contributed by atoms with van der Waals surface area (Å²) in [5, 5.41) is 0.364. The first-order chi connectivity index (χ1) is 10.8. The minimum absolute atomic E-state index is 0.0173. The Hall–Kier alpha value is -1.46. The van der Waals surface area contributed by atoms with Crippen LogP contribution in [-0.2, 0) is 11.0 Å². The van der Waals surface area contributed by atoms with Crippen molar-refractivity contribution in [3.63, 3.8) is 0 Å². The van der Waals surface area contributed by atoms with Gasteiger partial charge in [-0.15, -0.1) is 11.8 Å². The molecule has 6 heteroatoms. The first-order valence-corrected chi connectivity index (χ1v) is 8.10. The summed E-state index contributed by atoms with van der Waals surface area (Å²) in [5.41, 5.74) is -0.00697. The second-order valence-electron chi connectivity index (χ2n) is 5.09. The molecule has 2 aromatic rings. The van der Waals surface area contributed by atoms with Crippen molar-refractivity contribution in [2.24, 2.45) is 0 Å². The van der Waals surface area contributed by atoms with Crippen molar-refractivity contribution < 1.29 is 18.0 Å². The molecule has 0 N–H and O–H groups in total. The molecule has 0 aliphatic carbocycles. The Bertz CT molecular complexity index is 666. The van der Waals surface area contributed by atoms with Gasteiger partial charge in [0, 0.05) is 21.6 Å². The molecule has 0 amide bonds. The molecule has 0 aliphatic heterocycles. The molecule has 23 heavy (non-hydrogen) atoms. The SMILES string of the molecule is CC(=O)CC(Sc1ccc(Cl)cc1)c1ccc(C(F)(F)F)cc1. The monoisotopic (exact) mass is 358 g/mol. The highest BCUT2D eigenvalue weighted by molar-refractivity contribution is 7.99. The summed E-state index contributed by atoms with van der Waals surface area (Å²) in [6, 6.07) is 12.1. The number of benzene rings is 2. The molecular weight excluding hydrogens is 345 g/mol. The first kappa shape index (κ1) is 17.9. The summed E-state index contributed by atoms with van der Waals surface area (Å²) in [6.45, 7) is 1.47. The molecular formula is C17H14ClF3OS. The standard InChI is InChI=1S/C17H14ClF3OS/c1-11(22)10-16(23-15-8-6-14(18)7-9-15)12-2-4-13(5-3-12)17(19,20)21/h2-9,16H,10H2,1H3. The maximum absolute atomic E-state index is 12.6. The summed E-state index contributed by atoms with van der Waals surface area (Å²) >= 11 is 7.27. The molecule has 0 aliphatic rings. The van der Waals surface area contributed by atoms with Gasteiger partial charge in [-0.3, -0.25) is 4.79 Å². The lowest BCUT2D eigenvalue weighted by Gasteiger charge is -2.17. The minimum atomic E-state index is -4.36. The van der Waals surface area contributed by atoms with Gasteiger partial charge in [0.2, 0.25) is 0 Å². The summed E-state index contributed by atoms with van der Waals surface area (Å²) in [5.74, 6) is -0.0173. The zero-order valence-electron chi connectivity index (χ0n) is 12.2. The predicted octanol–water partition coefficient (Wildman–Crippen LogP) is 6.17. The highest BCUT2D eigenvalue weighted by atomic mass is 35.5. The van der Waals surface area contributed by atoms with Gasteiger partial charge in [0.05, 0.1) is 5.56 Å². The fraction of sp³-hybridized carbons (Fsp3) is 0.235. The van der Waals surface area contributed by atoms with Crippen LogP contribution < -0.4 is 0 Å². The lowest BCUT2D eigenvalue weighted by molar-refractivity contribution is -0.137. The highest BCUT2D eigenvalue weighted by Crippen LogP contribution is 2.39. The van der Waals surface area contributed by atoms with Crippen molar-refractivity contribution in [3.05, 3.63) is 64.7 Å². The largest absolute Gasteiger partial charge is 0.416 e. The second kappa shape index (κ2) is 7.41. The van der Waals surface area contributed by atoms with E-state index < -0.39 is 11.7 Å². The minimum Gasteiger partial charge on any atom is -0.300 e. The molecule has 0 saturated heterocycles. The number of alkyl halides is 3. The van der Waals surface area contributed by atoms with Crippen LogP contribution in [-0.4, -0.2) is 5.78 Å². The maximum Gasteiger partial charge on any atom is 0.416 e. The summed E-state index contributed by atoms with van der Waals surface area (Å²) in [4.78, 5) is 12.4. The fourth-order valence-electron chi connectivity index (χ4n) is 2.05. The Kier molecular flexibility index (Phi) is 5.76. The van der Waals surface area contributed by atoms with Gasteiger partial charge in [0.1, 0.15) is 5.78 Å². The van der Waals surface area contributed by atoms with Crippen LogP contribution in [0.5, 0.6) is 0 Å². The van der Waals surface area contributed by atoms with Gasteiger partial charge in [-0.1, -0.05) is 23.7 Å². The lowest BCUT2D eigenvalue weighted by atomic mass is 10.1. The molecule has 2 rings (SSSR count). The summed E-state index contributed by atoms with van der Waals surface area (Å²) in [7, 11) is 0. The van der Waals surface area contributed by atoms with Gasteiger partial charge in [0.15, 0.2) is 0 Å². The molecule has 0 fully saturated rings. The number of hydrogen-bond acceptors (Lipinski definition) is 2. The van der Waals surface area contributed by atoms with Crippen molar-refractivity contribution in [2.75, 3.05) is 0 Å². The van der Waals surface area contributed by atoms with Crippen LogP contribution in [0.15, 0.2) is 53.4 Å². The quantitative estimate of drug-likeness (QED) is 0.594. The Morgan fingerprint density at radius 3 is 2.13 bits per heavy atom. The van der Waals surface area contributed by atoms with Crippen LogP contribution in [0, 0.1) is 0 Å². The number of Topliss-reactive ketones (excluding diaryl/α,β-unsaturated/α-hetero) is 1. The van der Waals surface area contributed by atoms with E-state index >= 15 is 0 Å². The lowest BCUT2D eigenvalue weighted by Crippen LogP contribution is -2.06.